The van der Waals surface area contributed by atoms with Crippen LogP contribution in [-0.4, -0.2) is 40.1 Å². The number of carbonyl (C=O) groups is 2. The quantitative estimate of drug-likeness (QED) is 0.637. The van der Waals surface area contributed by atoms with Gasteiger partial charge in [0.25, 0.3) is 0 Å². The molecular weight excluding hydrogens is 352 g/mol. The molecule has 0 aliphatic heterocycles. The average molecular weight is 377 g/mol. The summed E-state index contributed by atoms with van der Waals surface area (Å²) in [4.78, 5) is 24.1. The van der Waals surface area contributed by atoms with Crippen LogP contribution < -0.4 is 16.4 Å². The number of rotatable bonds is 8. The molecule has 1 aliphatic carbocycles. The third kappa shape index (κ3) is 5.68. The zero-order valence-electron chi connectivity index (χ0n) is 14.1. The Bertz CT molecular complexity index is 579. The molecule has 2 unspecified atom stereocenters. The van der Waals surface area contributed by atoms with Crippen molar-refractivity contribution in [2.45, 2.75) is 44.4 Å². The summed E-state index contributed by atoms with van der Waals surface area (Å²) in [5.74, 6) is 1.40. The van der Waals surface area contributed by atoms with E-state index in [1.54, 1.807) is 19.9 Å². The largest absolute Gasteiger partial charge is 0.360 e. The van der Waals surface area contributed by atoms with Crippen LogP contribution in [0, 0.1) is 12.8 Å². The van der Waals surface area contributed by atoms with E-state index in [2.05, 4.69) is 15.8 Å². The topological polar surface area (TPSA) is 110 Å². The van der Waals surface area contributed by atoms with Crippen LogP contribution in [0.2, 0.25) is 0 Å². The van der Waals surface area contributed by atoms with E-state index >= 15 is 0 Å². The number of aromatic nitrogens is 1. The van der Waals surface area contributed by atoms with Gasteiger partial charge in [-0.3, -0.25) is 9.59 Å². The van der Waals surface area contributed by atoms with Gasteiger partial charge < -0.3 is 20.9 Å². The standard InChI is InChI=1S/C15H24N4O3S.ClH/c1-9-6-12(19-22-9)17-14(21)10(2)23-7-13(20)18-15(3,8-16)11-4-5-11;/h6,10-11H,4-5,7-8,16H2,1-3H3,(H,18,20)(H,17,19,21);1H. The minimum absolute atomic E-state index is 0. The van der Waals surface area contributed by atoms with Crippen molar-refractivity contribution in [3.63, 3.8) is 0 Å². The van der Waals surface area contributed by atoms with E-state index in [0.717, 1.165) is 12.8 Å². The van der Waals surface area contributed by atoms with Crippen LogP contribution in [0.1, 0.15) is 32.4 Å². The number of nitrogens with zero attached hydrogens (tertiary/aromatic N) is 1. The van der Waals surface area contributed by atoms with Gasteiger partial charge in [0, 0.05) is 12.6 Å². The number of hydrogen-bond acceptors (Lipinski definition) is 6. The molecule has 4 N–H and O–H groups in total. The molecule has 0 spiro atoms. The molecule has 2 amide bonds. The summed E-state index contributed by atoms with van der Waals surface area (Å²) in [6, 6.07) is 1.64. The number of amides is 2. The molecule has 1 fully saturated rings. The molecule has 0 saturated heterocycles. The average Bonchev–Trinajstić information content (AvgIpc) is 3.29. The molecule has 1 heterocycles. The van der Waals surface area contributed by atoms with E-state index in [-0.39, 0.29) is 40.8 Å². The van der Waals surface area contributed by atoms with Gasteiger partial charge in [-0.15, -0.1) is 24.2 Å². The monoisotopic (exact) mass is 376 g/mol. The Kier molecular flexibility index (Phi) is 7.56. The summed E-state index contributed by atoms with van der Waals surface area (Å²) in [6.45, 7) is 5.91. The fourth-order valence-corrected chi connectivity index (χ4v) is 3.01. The SMILES string of the molecule is Cc1cc(NC(=O)C(C)SCC(=O)NC(C)(CN)C2CC2)no1.Cl. The van der Waals surface area contributed by atoms with E-state index in [4.69, 9.17) is 10.3 Å². The first kappa shape index (κ1) is 20.8. The fourth-order valence-electron chi connectivity index (χ4n) is 2.32. The van der Waals surface area contributed by atoms with E-state index in [9.17, 15) is 9.59 Å². The van der Waals surface area contributed by atoms with Gasteiger partial charge in [0.1, 0.15) is 5.76 Å². The predicted molar refractivity (Wildman–Crippen MR) is 97.4 cm³/mol. The van der Waals surface area contributed by atoms with Gasteiger partial charge in [-0.2, -0.15) is 0 Å². The van der Waals surface area contributed by atoms with Crippen LogP contribution in [-0.2, 0) is 9.59 Å². The number of nitrogens with two attached hydrogens (primary N) is 1. The van der Waals surface area contributed by atoms with Crippen LogP contribution in [0.5, 0.6) is 0 Å². The van der Waals surface area contributed by atoms with E-state index in [1.807, 2.05) is 6.92 Å². The first-order valence-corrected chi connectivity index (χ1v) is 8.76. The number of thioether (sulfide) groups is 1. The number of anilines is 1. The maximum absolute atomic E-state index is 12.1. The van der Waals surface area contributed by atoms with Crippen molar-refractivity contribution in [3.8, 4) is 0 Å². The van der Waals surface area contributed by atoms with Gasteiger partial charge in [-0.25, -0.2) is 0 Å². The Labute approximate surface area is 152 Å². The Balaban J connectivity index is 0.00000288. The first-order chi connectivity index (χ1) is 10.8. The smallest absolute Gasteiger partial charge is 0.238 e. The van der Waals surface area contributed by atoms with Crippen molar-refractivity contribution in [2.24, 2.45) is 11.7 Å². The van der Waals surface area contributed by atoms with Crippen molar-refractivity contribution in [3.05, 3.63) is 11.8 Å². The predicted octanol–water partition coefficient (Wildman–Crippen LogP) is 1.71. The first-order valence-electron chi connectivity index (χ1n) is 7.71. The van der Waals surface area contributed by atoms with Gasteiger partial charge >= 0.3 is 0 Å². The zero-order valence-corrected chi connectivity index (χ0v) is 15.8. The summed E-state index contributed by atoms with van der Waals surface area (Å²) in [5.41, 5.74) is 5.45. The lowest BCUT2D eigenvalue weighted by Gasteiger charge is -2.29. The number of halogens is 1. The van der Waals surface area contributed by atoms with Crippen LogP contribution in [0.15, 0.2) is 10.6 Å². The molecule has 7 nitrogen and oxygen atoms in total. The second-order valence-corrected chi connectivity index (χ2v) is 7.54. The van der Waals surface area contributed by atoms with Crippen LogP contribution in [0.25, 0.3) is 0 Å². The second kappa shape index (κ2) is 8.73. The summed E-state index contributed by atoms with van der Waals surface area (Å²) in [6.07, 6.45) is 2.22. The summed E-state index contributed by atoms with van der Waals surface area (Å²) < 4.78 is 4.89. The molecule has 136 valence electrons. The molecule has 9 heteroatoms. The summed E-state index contributed by atoms with van der Waals surface area (Å²) >= 11 is 1.28. The molecule has 1 aromatic heterocycles. The highest BCUT2D eigenvalue weighted by Crippen LogP contribution is 2.39. The van der Waals surface area contributed by atoms with Gasteiger partial charge in [0.15, 0.2) is 5.82 Å². The van der Waals surface area contributed by atoms with Gasteiger partial charge in [0.05, 0.1) is 16.5 Å². The van der Waals surface area contributed by atoms with Crippen molar-refractivity contribution in [1.82, 2.24) is 10.5 Å². The lowest BCUT2D eigenvalue weighted by molar-refractivity contribution is -0.120. The Morgan fingerprint density at radius 1 is 1.54 bits per heavy atom. The Morgan fingerprint density at radius 3 is 2.71 bits per heavy atom. The maximum Gasteiger partial charge on any atom is 0.238 e. The van der Waals surface area contributed by atoms with Crippen molar-refractivity contribution < 1.29 is 14.1 Å². The molecule has 2 rings (SSSR count). The van der Waals surface area contributed by atoms with Gasteiger partial charge in [0.2, 0.25) is 11.8 Å². The summed E-state index contributed by atoms with van der Waals surface area (Å²) in [5, 5.41) is 9.00. The molecule has 0 bridgehead atoms. The lowest BCUT2D eigenvalue weighted by Crippen LogP contribution is -2.53. The highest BCUT2D eigenvalue weighted by atomic mass is 35.5. The number of hydrogen-bond donors (Lipinski definition) is 3. The molecule has 1 aromatic rings. The number of carbonyl (C=O) groups excluding carboxylic acids is 2. The van der Waals surface area contributed by atoms with Crippen molar-refractivity contribution >= 4 is 41.8 Å². The molecule has 24 heavy (non-hydrogen) atoms. The third-order valence-corrected chi connectivity index (χ3v) is 5.18. The second-order valence-electron chi connectivity index (χ2n) is 6.21. The molecule has 0 radical (unpaired) electrons. The fraction of sp³-hybridized carbons (Fsp3) is 0.667. The third-order valence-electron chi connectivity index (χ3n) is 4.04. The van der Waals surface area contributed by atoms with Crippen molar-refractivity contribution in [1.29, 1.82) is 0 Å². The zero-order chi connectivity index (χ0) is 17.0. The minimum Gasteiger partial charge on any atom is -0.360 e. The summed E-state index contributed by atoms with van der Waals surface area (Å²) in [7, 11) is 0. The molecular formula is C15H25ClN4O3S. The highest BCUT2D eigenvalue weighted by Gasteiger charge is 2.41. The molecule has 1 saturated carbocycles. The molecule has 2 atom stereocenters. The van der Waals surface area contributed by atoms with Crippen LogP contribution in [0.4, 0.5) is 5.82 Å². The van der Waals surface area contributed by atoms with Crippen LogP contribution in [0.3, 0.4) is 0 Å². The van der Waals surface area contributed by atoms with Crippen LogP contribution >= 0.6 is 24.2 Å². The number of aryl methyl sites for hydroxylation is 1. The van der Waals surface area contributed by atoms with Crippen molar-refractivity contribution in [2.75, 3.05) is 17.6 Å². The maximum atomic E-state index is 12.1. The molecule has 0 aromatic carbocycles. The minimum atomic E-state index is -0.372. The van der Waals surface area contributed by atoms with E-state index in [0.29, 0.717) is 24.0 Å². The highest BCUT2D eigenvalue weighted by molar-refractivity contribution is 8.01. The Hall–Kier alpha value is -1.25. The van der Waals surface area contributed by atoms with E-state index < -0.39 is 0 Å². The number of nitrogens with one attached hydrogen (secondary N) is 2. The normalized spacial score (nSPS) is 17.3. The van der Waals surface area contributed by atoms with Gasteiger partial charge in [-0.05, 0) is 39.5 Å². The Morgan fingerprint density at radius 2 is 2.21 bits per heavy atom. The van der Waals surface area contributed by atoms with Gasteiger partial charge in [-0.1, -0.05) is 5.16 Å². The lowest BCUT2D eigenvalue weighted by atomic mass is 9.96. The molecule has 1 aliphatic rings. The van der Waals surface area contributed by atoms with E-state index in [1.165, 1.54) is 11.8 Å².